The summed E-state index contributed by atoms with van der Waals surface area (Å²) in [6, 6.07) is 28.3. The van der Waals surface area contributed by atoms with Crippen molar-refractivity contribution in [2.45, 2.75) is 146 Å². The Morgan fingerprint density at radius 3 is 1.39 bits per heavy atom. The Balaban J connectivity index is 0.844. The summed E-state index contributed by atoms with van der Waals surface area (Å²) in [7, 11) is 0. The monoisotopic (exact) mass is 1010 g/mol. The molecule has 3 aliphatic carbocycles. The van der Waals surface area contributed by atoms with Crippen LogP contribution in [0.2, 0.25) is 0 Å². The Morgan fingerprint density at radius 1 is 0.417 bits per heavy atom. The molecule has 0 bridgehead atoms. The molecule has 5 aromatic rings. The number of thioether (sulfide) groups is 3. The molecule has 10 heteroatoms. The molecule has 0 spiro atoms. The first-order valence-electron chi connectivity index (χ1n) is 27.0. The van der Waals surface area contributed by atoms with Gasteiger partial charge < -0.3 is 14.7 Å². The molecule has 0 fully saturated rings. The molecular formula is C62H69N7S3. The summed E-state index contributed by atoms with van der Waals surface area (Å²) < 4.78 is 0. The highest BCUT2D eigenvalue weighted by atomic mass is 32.2. The number of allylic oxidation sites excluding steroid dienone is 6. The number of nitrogens with zero attached hydrogens (tertiary/aromatic N) is 7. The van der Waals surface area contributed by atoms with E-state index in [1.54, 1.807) is 12.7 Å². The van der Waals surface area contributed by atoms with Gasteiger partial charge in [-0.25, -0.2) is 19.9 Å². The molecule has 3 aromatic carbocycles. The second-order valence-corrected chi connectivity index (χ2v) is 23.8. The van der Waals surface area contributed by atoms with Crippen LogP contribution in [0, 0.1) is 0 Å². The number of hydrogen-bond donors (Lipinski definition) is 0. The Morgan fingerprint density at radius 2 is 0.861 bits per heavy atom. The molecule has 5 heterocycles. The molecule has 370 valence electrons. The van der Waals surface area contributed by atoms with Crippen LogP contribution in [0.4, 0.5) is 17.1 Å². The van der Waals surface area contributed by atoms with Gasteiger partial charge in [-0.05, 0) is 78.9 Å². The van der Waals surface area contributed by atoms with Crippen LogP contribution in [-0.4, -0.2) is 73.4 Å². The van der Waals surface area contributed by atoms with Gasteiger partial charge in [0.15, 0.2) is 0 Å². The Hall–Kier alpha value is -5.29. The number of benzene rings is 3. The summed E-state index contributed by atoms with van der Waals surface area (Å²) in [6.45, 7) is 10.1. The van der Waals surface area contributed by atoms with Crippen molar-refractivity contribution in [1.29, 1.82) is 0 Å². The maximum Gasteiger partial charge on any atom is 0.116 e. The van der Waals surface area contributed by atoms with Crippen LogP contribution in [0.1, 0.15) is 109 Å². The van der Waals surface area contributed by atoms with Crippen molar-refractivity contribution in [3.63, 3.8) is 0 Å². The summed E-state index contributed by atoms with van der Waals surface area (Å²) in [6.07, 6.45) is 42.1. The molecule has 6 aliphatic rings. The van der Waals surface area contributed by atoms with Gasteiger partial charge in [0.25, 0.3) is 0 Å². The molecule has 2 aromatic heterocycles. The van der Waals surface area contributed by atoms with Gasteiger partial charge in [-0.1, -0.05) is 164 Å². The predicted octanol–water partition coefficient (Wildman–Crippen LogP) is 15.7. The van der Waals surface area contributed by atoms with Crippen molar-refractivity contribution < 1.29 is 0 Å². The summed E-state index contributed by atoms with van der Waals surface area (Å²) in [5, 5.41) is 0.949. The molecule has 72 heavy (non-hydrogen) atoms. The van der Waals surface area contributed by atoms with Crippen LogP contribution < -0.4 is 14.7 Å². The first-order valence-corrected chi connectivity index (χ1v) is 29.7. The molecule has 7 nitrogen and oxygen atoms in total. The molecule has 0 amide bonds. The van der Waals surface area contributed by atoms with Crippen LogP contribution in [0.25, 0.3) is 33.7 Å². The van der Waals surface area contributed by atoms with Crippen molar-refractivity contribution >= 4 is 63.5 Å². The van der Waals surface area contributed by atoms with Crippen molar-refractivity contribution in [1.82, 2.24) is 19.9 Å². The molecular weight excluding hydrogens is 939 g/mol. The number of aromatic nitrogens is 4. The quantitative estimate of drug-likeness (QED) is 0.0748. The molecule has 0 N–H and O–H groups in total. The van der Waals surface area contributed by atoms with E-state index in [0.717, 1.165) is 59.1 Å². The molecule has 6 unspecified atom stereocenters. The Kier molecular flexibility index (Phi) is 15.5. The smallest absolute Gasteiger partial charge is 0.116 e. The third kappa shape index (κ3) is 10.4. The van der Waals surface area contributed by atoms with E-state index in [9.17, 15) is 0 Å². The number of fused-ring (bicyclic) bond motifs is 6. The number of anilines is 3. The van der Waals surface area contributed by atoms with Gasteiger partial charge in [-0.2, -0.15) is 0 Å². The number of unbranched alkanes of at least 4 members (excludes halogenated alkanes) is 9. The maximum atomic E-state index is 4.91. The minimum Gasteiger partial charge on any atom is -0.363 e. The third-order valence-corrected chi connectivity index (χ3v) is 19.1. The van der Waals surface area contributed by atoms with E-state index < -0.39 is 0 Å². The summed E-state index contributed by atoms with van der Waals surface area (Å²) in [5.41, 5.74) is 12.5. The van der Waals surface area contributed by atoms with Gasteiger partial charge in [0.05, 0.1) is 73.7 Å². The van der Waals surface area contributed by atoms with Gasteiger partial charge in [0, 0.05) is 45.4 Å². The summed E-state index contributed by atoms with van der Waals surface area (Å²) >= 11 is 5.95. The lowest BCUT2D eigenvalue weighted by molar-refractivity contribution is 0.608. The molecule has 0 radical (unpaired) electrons. The third-order valence-electron chi connectivity index (χ3n) is 15.2. The first-order chi connectivity index (χ1) is 35.6. The second-order valence-electron chi connectivity index (χ2n) is 20.1. The maximum absolute atomic E-state index is 4.91. The lowest BCUT2D eigenvalue weighted by atomic mass is 9.96. The van der Waals surface area contributed by atoms with E-state index in [1.807, 2.05) is 35.3 Å². The Labute approximate surface area is 441 Å². The minimum atomic E-state index is 0.224. The van der Waals surface area contributed by atoms with E-state index in [1.165, 1.54) is 114 Å². The normalized spacial score (nSPS) is 22.3. The zero-order valence-corrected chi connectivity index (χ0v) is 44.7. The molecule has 3 aliphatic heterocycles. The van der Waals surface area contributed by atoms with Gasteiger partial charge >= 0.3 is 0 Å². The zero-order chi connectivity index (χ0) is 48.8. The van der Waals surface area contributed by atoms with Crippen molar-refractivity contribution in [3.05, 3.63) is 158 Å². The van der Waals surface area contributed by atoms with E-state index in [2.05, 4.69) is 169 Å². The van der Waals surface area contributed by atoms with Crippen LogP contribution >= 0.6 is 35.3 Å². The van der Waals surface area contributed by atoms with E-state index in [4.69, 9.17) is 19.9 Å². The lowest BCUT2D eigenvalue weighted by Gasteiger charge is -2.43. The van der Waals surface area contributed by atoms with Crippen molar-refractivity contribution in [3.8, 4) is 22.5 Å². The van der Waals surface area contributed by atoms with E-state index >= 15 is 0 Å². The number of hydrogen-bond acceptors (Lipinski definition) is 10. The fraction of sp³-hybridized carbons (Fsp3) is 0.387. The van der Waals surface area contributed by atoms with E-state index in [-0.39, 0.29) is 11.3 Å². The highest BCUT2D eigenvalue weighted by Crippen LogP contribution is 2.49. The van der Waals surface area contributed by atoms with Crippen LogP contribution in [0.3, 0.4) is 0 Å². The van der Waals surface area contributed by atoms with E-state index in [0.29, 0.717) is 22.6 Å². The average molecular weight is 1010 g/mol. The second kappa shape index (κ2) is 22.9. The summed E-state index contributed by atoms with van der Waals surface area (Å²) in [5.74, 6) is 0. The lowest BCUT2D eigenvalue weighted by Crippen LogP contribution is -2.45. The number of rotatable bonds is 19. The topological polar surface area (TPSA) is 61.3 Å². The fourth-order valence-corrected chi connectivity index (χ4v) is 15.4. The fourth-order valence-electron chi connectivity index (χ4n) is 11.4. The van der Waals surface area contributed by atoms with Crippen LogP contribution in [0.15, 0.2) is 161 Å². The average Bonchev–Trinajstić information content (AvgIpc) is 3.43. The zero-order valence-electron chi connectivity index (χ0n) is 42.3. The van der Waals surface area contributed by atoms with Crippen molar-refractivity contribution in [2.24, 2.45) is 0 Å². The summed E-state index contributed by atoms with van der Waals surface area (Å²) in [4.78, 5) is 31.5. The Bertz CT molecular complexity index is 2920. The number of para-hydroxylation sites is 1. The molecule has 0 saturated carbocycles. The first kappa shape index (κ1) is 48.9. The van der Waals surface area contributed by atoms with Crippen molar-refractivity contribution in [2.75, 3.05) is 34.3 Å². The minimum absolute atomic E-state index is 0.224. The highest BCUT2D eigenvalue weighted by molar-refractivity contribution is 8.01. The standard InChI is InChI=1S/C62H69N7S3/c1-4-7-10-17-32-67-51-20-13-15-22-57(51)70-59-35-43(24-28-53(59)67)47-39-49(65-41-63-47)45-26-30-55-61(37-45)72-62-38-46(27-31-56(62)69(55)34-19-12-9-6-3)50-40-48(64-42-66-50)44-25-29-54-60(36-44)71-58-23-16-14-21-52(58)68(54)33-18-11-8-5-2/h13-16,20-31,35-42,51,54-55,57,60-61H,4-12,17-19,32-34H2,1-3H3. The molecule has 11 rings (SSSR count). The van der Waals surface area contributed by atoms with Gasteiger partial charge in [-0.3, -0.25) is 0 Å². The molecule has 0 saturated heterocycles. The largest absolute Gasteiger partial charge is 0.363 e. The van der Waals surface area contributed by atoms with Crippen LogP contribution in [0.5, 0.6) is 0 Å². The molecule has 6 atom stereocenters. The van der Waals surface area contributed by atoms with Gasteiger partial charge in [0.1, 0.15) is 12.7 Å². The highest BCUT2D eigenvalue weighted by Gasteiger charge is 2.37. The van der Waals surface area contributed by atoms with Crippen LogP contribution in [-0.2, 0) is 0 Å². The van der Waals surface area contributed by atoms with Gasteiger partial charge in [-0.15, -0.1) is 35.3 Å². The predicted molar refractivity (Wildman–Crippen MR) is 309 cm³/mol. The SMILES string of the molecule is CCCCCCN1c2ccccc2SC2C=C(c3cc(-c4ccc5c(c4)SC4C=C(c6cc(-c7ccc8c(c7)SC7C=CC=CC7N8CCCCCC)ncn6)C=CC4N5CCCCCC)ncn3)C=CC21. The van der Waals surface area contributed by atoms with Gasteiger partial charge in [0.2, 0.25) is 0 Å².